The monoisotopic (exact) mass is 406 g/mol. The third-order valence-corrected chi connectivity index (χ3v) is 5.97. The lowest BCUT2D eigenvalue weighted by molar-refractivity contribution is 0.135. The van der Waals surface area contributed by atoms with Crippen LogP contribution < -0.4 is 5.73 Å². The number of allylic oxidation sites excluding steroid dienone is 1. The van der Waals surface area contributed by atoms with E-state index in [1.165, 1.54) is 24.8 Å². The van der Waals surface area contributed by atoms with E-state index in [0.29, 0.717) is 23.5 Å². The molecular formula is C25H50N4. The molecule has 3 N–H and O–H groups in total. The Kier molecular flexibility index (Phi) is 13.6. The Labute approximate surface area is 181 Å². The average molecular weight is 407 g/mol. The molecule has 4 heteroatoms. The smallest absolute Gasteiger partial charge is 0.103 e. The number of rotatable bonds is 14. The molecule has 0 aromatic heterocycles. The van der Waals surface area contributed by atoms with Crippen molar-refractivity contribution in [1.82, 2.24) is 4.90 Å². The Morgan fingerprint density at radius 3 is 2.07 bits per heavy atom. The maximum absolute atomic E-state index is 8.23. The molecule has 0 heterocycles. The summed E-state index contributed by atoms with van der Waals surface area (Å²) >= 11 is 0. The molecule has 0 fully saturated rings. The summed E-state index contributed by atoms with van der Waals surface area (Å²) in [5.74, 6) is 2.29. The zero-order chi connectivity index (χ0) is 22.7. The van der Waals surface area contributed by atoms with Gasteiger partial charge in [-0.3, -0.25) is 9.89 Å². The molecule has 0 saturated heterocycles. The standard InChI is InChI=1S/C25H50N4/c1-11-16-28-23(20(9)26)25(27)29(10)24(21(12-2)18(5)6)22(19(7)8)15-13-14-17(3)4/h12,17-19,22,24-26H,11,13-16,27H2,1-10H3. The molecule has 0 aliphatic carbocycles. The molecule has 29 heavy (non-hydrogen) atoms. The quantitative estimate of drug-likeness (QED) is 0.206. The van der Waals surface area contributed by atoms with Crippen molar-refractivity contribution in [2.75, 3.05) is 13.6 Å². The van der Waals surface area contributed by atoms with E-state index >= 15 is 0 Å². The molecule has 0 rings (SSSR count). The van der Waals surface area contributed by atoms with Gasteiger partial charge in [0.25, 0.3) is 0 Å². The Bertz CT molecular complexity index is 531. The molecule has 3 atom stereocenters. The highest BCUT2D eigenvalue weighted by atomic mass is 15.2. The van der Waals surface area contributed by atoms with E-state index in [1.807, 2.05) is 0 Å². The van der Waals surface area contributed by atoms with E-state index in [0.717, 1.165) is 24.6 Å². The predicted octanol–water partition coefficient (Wildman–Crippen LogP) is 6.16. The molecule has 0 radical (unpaired) electrons. The summed E-state index contributed by atoms with van der Waals surface area (Å²) in [6.45, 7) is 20.6. The zero-order valence-corrected chi connectivity index (χ0v) is 21.0. The van der Waals surface area contributed by atoms with Crippen molar-refractivity contribution < 1.29 is 0 Å². The van der Waals surface area contributed by atoms with Crippen molar-refractivity contribution in [3.63, 3.8) is 0 Å². The van der Waals surface area contributed by atoms with Crippen LogP contribution in [-0.4, -0.2) is 42.1 Å². The fourth-order valence-electron chi connectivity index (χ4n) is 4.28. The molecule has 0 saturated carbocycles. The predicted molar refractivity (Wildman–Crippen MR) is 131 cm³/mol. The molecule has 3 unspecified atom stereocenters. The second-order valence-corrected chi connectivity index (χ2v) is 9.62. The summed E-state index contributed by atoms with van der Waals surface area (Å²) in [6, 6.07) is 0.258. The lowest BCUT2D eigenvalue weighted by Crippen LogP contribution is -2.56. The molecule has 0 bridgehead atoms. The van der Waals surface area contributed by atoms with E-state index in [1.54, 1.807) is 6.92 Å². The van der Waals surface area contributed by atoms with Gasteiger partial charge in [-0.1, -0.05) is 73.0 Å². The highest BCUT2D eigenvalue weighted by Gasteiger charge is 2.35. The van der Waals surface area contributed by atoms with Crippen LogP contribution in [0, 0.1) is 29.1 Å². The molecular weight excluding hydrogens is 356 g/mol. The highest BCUT2D eigenvalue weighted by Crippen LogP contribution is 2.34. The van der Waals surface area contributed by atoms with Crippen molar-refractivity contribution in [2.24, 2.45) is 34.4 Å². The summed E-state index contributed by atoms with van der Waals surface area (Å²) in [5, 5.41) is 8.23. The Morgan fingerprint density at radius 2 is 1.69 bits per heavy atom. The van der Waals surface area contributed by atoms with Crippen LogP contribution in [0.3, 0.4) is 0 Å². The molecule has 0 aliphatic heterocycles. The van der Waals surface area contributed by atoms with E-state index in [4.69, 9.17) is 11.1 Å². The first-order valence-corrected chi connectivity index (χ1v) is 11.7. The number of aliphatic imine (C=N–C) groups is 1. The second kappa shape index (κ2) is 14.1. The summed E-state index contributed by atoms with van der Waals surface area (Å²) in [4.78, 5) is 6.96. The number of nitrogens with one attached hydrogen (secondary N) is 1. The van der Waals surface area contributed by atoms with Crippen LogP contribution in [0.1, 0.15) is 88.0 Å². The van der Waals surface area contributed by atoms with Crippen molar-refractivity contribution in [2.45, 2.75) is 100 Å². The topological polar surface area (TPSA) is 65.5 Å². The van der Waals surface area contributed by atoms with Crippen LogP contribution in [0.4, 0.5) is 0 Å². The lowest BCUT2D eigenvalue weighted by atomic mass is 9.76. The van der Waals surface area contributed by atoms with Gasteiger partial charge in [0.2, 0.25) is 0 Å². The van der Waals surface area contributed by atoms with E-state index < -0.39 is 0 Å². The van der Waals surface area contributed by atoms with Gasteiger partial charge in [0.05, 0.1) is 11.4 Å². The first kappa shape index (κ1) is 28.0. The molecule has 0 aromatic carbocycles. The van der Waals surface area contributed by atoms with Gasteiger partial charge in [0, 0.05) is 12.6 Å². The van der Waals surface area contributed by atoms with Crippen LogP contribution in [0.15, 0.2) is 16.6 Å². The first-order valence-electron chi connectivity index (χ1n) is 11.7. The van der Waals surface area contributed by atoms with Gasteiger partial charge in [0.15, 0.2) is 0 Å². The summed E-state index contributed by atoms with van der Waals surface area (Å²) < 4.78 is 0. The number of hydrogen-bond acceptors (Lipinski definition) is 4. The Hall–Kier alpha value is -1.00. The van der Waals surface area contributed by atoms with E-state index in [-0.39, 0.29) is 12.2 Å². The number of nitrogens with two attached hydrogens (primary N) is 1. The Balaban J connectivity index is 6.04. The van der Waals surface area contributed by atoms with Crippen LogP contribution in [0.25, 0.3) is 0 Å². The number of nitrogens with zero attached hydrogens (tertiary/aromatic N) is 2. The average Bonchev–Trinajstić information content (AvgIpc) is 2.62. The van der Waals surface area contributed by atoms with Crippen molar-refractivity contribution >= 4 is 11.4 Å². The third kappa shape index (κ3) is 9.13. The summed E-state index contributed by atoms with van der Waals surface area (Å²) in [5.41, 5.74) is 9.39. The van der Waals surface area contributed by atoms with Crippen LogP contribution in [0.5, 0.6) is 0 Å². The minimum atomic E-state index is -0.357. The number of hydrogen-bond donors (Lipinski definition) is 2. The lowest BCUT2D eigenvalue weighted by Gasteiger charge is -2.43. The molecule has 0 aliphatic rings. The molecule has 4 nitrogen and oxygen atoms in total. The summed E-state index contributed by atoms with van der Waals surface area (Å²) in [7, 11) is 2.13. The fraction of sp³-hybridized carbons (Fsp3) is 0.840. The van der Waals surface area contributed by atoms with Crippen LogP contribution in [-0.2, 0) is 0 Å². The van der Waals surface area contributed by atoms with Gasteiger partial charge in [-0.15, -0.1) is 0 Å². The zero-order valence-electron chi connectivity index (χ0n) is 21.0. The van der Waals surface area contributed by atoms with Crippen molar-refractivity contribution in [3.05, 3.63) is 11.6 Å². The third-order valence-electron chi connectivity index (χ3n) is 5.97. The van der Waals surface area contributed by atoms with Crippen LogP contribution >= 0.6 is 0 Å². The maximum Gasteiger partial charge on any atom is 0.103 e. The summed E-state index contributed by atoms with van der Waals surface area (Å²) in [6.07, 6.45) is 6.61. The molecule has 0 amide bonds. The van der Waals surface area contributed by atoms with Gasteiger partial charge in [-0.05, 0) is 57.4 Å². The second-order valence-electron chi connectivity index (χ2n) is 9.62. The minimum Gasteiger partial charge on any atom is -0.311 e. The first-order chi connectivity index (χ1) is 13.5. The normalized spacial score (nSPS) is 16.8. The minimum absolute atomic E-state index is 0.258. The van der Waals surface area contributed by atoms with Crippen molar-refractivity contribution in [1.29, 1.82) is 5.41 Å². The Morgan fingerprint density at radius 1 is 1.10 bits per heavy atom. The van der Waals surface area contributed by atoms with Gasteiger partial charge < -0.3 is 11.1 Å². The van der Waals surface area contributed by atoms with Gasteiger partial charge in [-0.2, -0.15) is 0 Å². The van der Waals surface area contributed by atoms with Crippen LogP contribution in [0.2, 0.25) is 0 Å². The molecule has 0 spiro atoms. The fourth-order valence-corrected chi connectivity index (χ4v) is 4.28. The SMILES string of the molecule is CC=C(C(C)C)C(C(CCCC(C)C)C(C)C)N(C)C(N)C(=NCCC)C(C)=N. The van der Waals surface area contributed by atoms with E-state index in [2.05, 4.69) is 78.4 Å². The highest BCUT2D eigenvalue weighted by molar-refractivity contribution is 6.42. The molecule has 0 aromatic rings. The molecule has 170 valence electrons. The van der Waals surface area contributed by atoms with Gasteiger partial charge in [-0.25, -0.2) is 0 Å². The van der Waals surface area contributed by atoms with E-state index in [9.17, 15) is 0 Å². The number of likely N-dealkylation sites (N-methyl/N-ethyl adjacent to an activating group) is 1. The van der Waals surface area contributed by atoms with Gasteiger partial charge in [0.1, 0.15) is 6.17 Å². The van der Waals surface area contributed by atoms with Crippen molar-refractivity contribution in [3.8, 4) is 0 Å². The largest absolute Gasteiger partial charge is 0.311 e. The maximum atomic E-state index is 8.23. The van der Waals surface area contributed by atoms with Gasteiger partial charge >= 0.3 is 0 Å².